The van der Waals surface area contributed by atoms with E-state index in [2.05, 4.69) is 5.32 Å². The Labute approximate surface area is 105 Å². The SMILES string of the molecule is N#Cc1ccc([C@H](C(F)F)N2CCNCC2)cc1. The van der Waals surface area contributed by atoms with Gasteiger partial charge in [0.2, 0.25) is 0 Å². The monoisotopic (exact) mass is 251 g/mol. The molecular formula is C13H15F2N3. The minimum atomic E-state index is -2.42. The molecule has 2 rings (SSSR count). The number of alkyl halides is 2. The van der Waals surface area contributed by atoms with Gasteiger partial charge in [0.25, 0.3) is 6.43 Å². The van der Waals surface area contributed by atoms with Crippen molar-refractivity contribution in [3.63, 3.8) is 0 Å². The number of nitrogens with one attached hydrogen (secondary N) is 1. The number of piperazine rings is 1. The van der Waals surface area contributed by atoms with Gasteiger partial charge in [-0.3, -0.25) is 4.90 Å². The number of halogens is 2. The lowest BCUT2D eigenvalue weighted by Gasteiger charge is -2.34. The maximum absolute atomic E-state index is 13.2. The molecule has 1 saturated heterocycles. The third-order valence-corrected chi connectivity index (χ3v) is 3.16. The van der Waals surface area contributed by atoms with Crippen molar-refractivity contribution in [1.82, 2.24) is 10.2 Å². The topological polar surface area (TPSA) is 39.1 Å². The molecule has 0 aliphatic carbocycles. The van der Waals surface area contributed by atoms with Gasteiger partial charge in [-0.2, -0.15) is 5.26 Å². The summed E-state index contributed by atoms with van der Waals surface area (Å²) < 4.78 is 26.4. The highest BCUT2D eigenvalue weighted by Crippen LogP contribution is 2.27. The van der Waals surface area contributed by atoms with Crippen LogP contribution in [0.4, 0.5) is 8.78 Å². The Hall–Kier alpha value is -1.51. The van der Waals surface area contributed by atoms with Crippen LogP contribution in [-0.2, 0) is 0 Å². The maximum Gasteiger partial charge on any atom is 0.258 e. The molecule has 0 unspecified atom stereocenters. The summed E-state index contributed by atoms with van der Waals surface area (Å²) in [6, 6.07) is 7.54. The van der Waals surface area contributed by atoms with E-state index in [-0.39, 0.29) is 0 Å². The van der Waals surface area contributed by atoms with Crippen molar-refractivity contribution in [2.75, 3.05) is 26.2 Å². The summed E-state index contributed by atoms with van der Waals surface area (Å²) >= 11 is 0. The Morgan fingerprint density at radius 2 is 1.78 bits per heavy atom. The molecule has 0 saturated carbocycles. The van der Waals surface area contributed by atoms with E-state index < -0.39 is 12.5 Å². The lowest BCUT2D eigenvalue weighted by molar-refractivity contribution is 0.0182. The summed E-state index contributed by atoms with van der Waals surface area (Å²) in [5.41, 5.74) is 1.07. The first kappa shape index (κ1) is 12.9. The number of hydrogen-bond donors (Lipinski definition) is 1. The van der Waals surface area contributed by atoms with Crippen molar-refractivity contribution in [1.29, 1.82) is 5.26 Å². The molecule has 1 aliphatic heterocycles. The molecule has 0 bridgehead atoms. The molecule has 0 radical (unpaired) electrons. The van der Waals surface area contributed by atoms with E-state index in [1.54, 1.807) is 29.2 Å². The van der Waals surface area contributed by atoms with Crippen molar-refractivity contribution < 1.29 is 8.78 Å². The van der Waals surface area contributed by atoms with E-state index >= 15 is 0 Å². The van der Waals surface area contributed by atoms with Gasteiger partial charge >= 0.3 is 0 Å². The van der Waals surface area contributed by atoms with Gasteiger partial charge in [0.1, 0.15) is 0 Å². The van der Waals surface area contributed by atoms with Crippen LogP contribution in [0.2, 0.25) is 0 Å². The molecule has 18 heavy (non-hydrogen) atoms. The first-order valence-corrected chi connectivity index (χ1v) is 5.95. The molecular weight excluding hydrogens is 236 g/mol. The Kier molecular flexibility index (Phi) is 4.24. The second kappa shape index (κ2) is 5.89. The molecule has 0 amide bonds. The van der Waals surface area contributed by atoms with Crippen LogP contribution in [0.15, 0.2) is 24.3 Å². The summed E-state index contributed by atoms with van der Waals surface area (Å²) in [7, 11) is 0. The standard InChI is InChI=1S/C13H15F2N3/c14-13(15)12(18-7-5-17-6-8-18)11-3-1-10(9-16)2-4-11/h1-4,12-13,17H,5-8H2/t12-/m1/s1. The number of nitriles is 1. The van der Waals surface area contributed by atoms with E-state index in [9.17, 15) is 8.78 Å². The van der Waals surface area contributed by atoms with Gasteiger partial charge in [-0.1, -0.05) is 12.1 Å². The summed E-state index contributed by atoms with van der Waals surface area (Å²) in [5.74, 6) is 0. The Morgan fingerprint density at radius 3 is 2.28 bits per heavy atom. The molecule has 1 heterocycles. The molecule has 5 heteroatoms. The van der Waals surface area contributed by atoms with Crippen LogP contribution in [0.1, 0.15) is 17.2 Å². The Morgan fingerprint density at radius 1 is 1.17 bits per heavy atom. The fourth-order valence-corrected chi connectivity index (χ4v) is 2.23. The van der Waals surface area contributed by atoms with E-state index in [4.69, 9.17) is 5.26 Å². The number of benzene rings is 1. The zero-order valence-electron chi connectivity index (χ0n) is 9.94. The Bertz CT molecular complexity index is 419. The van der Waals surface area contributed by atoms with Crippen LogP contribution in [0.5, 0.6) is 0 Å². The second-order valence-corrected chi connectivity index (χ2v) is 4.30. The molecule has 1 aromatic carbocycles. The predicted molar refractivity (Wildman–Crippen MR) is 64.3 cm³/mol. The molecule has 1 fully saturated rings. The van der Waals surface area contributed by atoms with Gasteiger partial charge in [-0.15, -0.1) is 0 Å². The van der Waals surface area contributed by atoms with Gasteiger partial charge in [-0.05, 0) is 17.7 Å². The highest BCUT2D eigenvalue weighted by atomic mass is 19.3. The lowest BCUT2D eigenvalue weighted by Crippen LogP contribution is -2.46. The van der Waals surface area contributed by atoms with Gasteiger partial charge < -0.3 is 5.32 Å². The minimum absolute atomic E-state index is 0.493. The number of hydrogen-bond acceptors (Lipinski definition) is 3. The molecule has 1 aromatic rings. The quantitative estimate of drug-likeness (QED) is 0.890. The molecule has 1 aliphatic rings. The largest absolute Gasteiger partial charge is 0.314 e. The molecule has 0 aromatic heterocycles. The highest BCUT2D eigenvalue weighted by molar-refractivity contribution is 5.33. The van der Waals surface area contributed by atoms with Crippen LogP contribution < -0.4 is 5.32 Å². The zero-order valence-corrected chi connectivity index (χ0v) is 9.94. The highest BCUT2D eigenvalue weighted by Gasteiger charge is 2.29. The molecule has 96 valence electrons. The second-order valence-electron chi connectivity index (χ2n) is 4.30. The van der Waals surface area contributed by atoms with E-state index in [1.165, 1.54) is 0 Å². The van der Waals surface area contributed by atoms with Crippen molar-refractivity contribution in [3.05, 3.63) is 35.4 Å². The first-order valence-electron chi connectivity index (χ1n) is 5.95. The summed E-state index contributed by atoms with van der Waals surface area (Å²) in [4.78, 5) is 1.79. The van der Waals surface area contributed by atoms with Crippen molar-refractivity contribution in [3.8, 4) is 6.07 Å². The first-order chi connectivity index (χ1) is 8.72. The predicted octanol–water partition coefficient (Wildman–Crippen LogP) is 1.77. The fraction of sp³-hybridized carbons (Fsp3) is 0.462. The van der Waals surface area contributed by atoms with Crippen LogP contribution >= 0.6 is 0 Å². The van der Waals surface area contributed by atoms with E-state index in [0.717, 1.165) is 13.1 Å². The minimum Gasteiger partial charge on any atom is -0.314 e. The van der Waals surface area contributed by atoms with Crippen LogP contribution in [-0.4, -0.2) is 37.5 Å². The maximum atomic E-state index is 13.2. The van der Waals surface area contributed by atoms with Gasteiger partial charge in [-0.25, -0.2) is 8.78 Å². The Balaban J connectivity index is 2.20. The zero-order chi connectivity index (χ0) is 13.0. The van der Waals surface area contributed by atoms with Crippen molar-refractivity contribution in [2.24, 2.45) is 0 Å². The number of rotatable bonds is 3. The van der Waals surface area contributed by atoms with Crippen molar-refractivity contribution in [2.45, 2.75) is 12.5 Å². The summed E-state index contributed by atoms with van der Waals surface area (Å²) in [6.45, 7) is 2.71. The average molecular weight is 251 g/mol. The fourth-order valence-electron chi connectivity index (χ4n) is 2.23. The lowest BCUT2D eigenvalue weighted by atomic mass is 10.0. The van der Waals surface area contributed by atoms with E-state index in [0.29, 0.717) is 24.2 Å². The third-order valence-electron chi connectivity index (χ3n) is 3.16. The van der Waals surface area contributed by atoms with Crippen LogP contribution in [0, 0.1) is 11.3 Å². The van der Waals surface area contributed by atoms with Crippen molar-refractivity contribution >= 4 is 0 Å². The summed E-state index contributed by atoms with van der Waals surface area (Å²) in [5, 5.41) is 11.9. The normalized spacial score (nSPS) is 18.6. The molecule has 0 spiro atoms. The van der Waals surface area contributed by atoms with Crippen LogP contribution in [0.25, 0.3) is 0 Å². The summed E-state index contributed by atoms with van der Waals surface area (Å²) in [6.07, 6.45) is -2.42. The third kappa shape index (κ3) is 2.84. The molecule has 1 atom stereocenters. The molecule has 1 N–H and O–H groups in total. The van der Waals surface area contributed by atoms with Gasteiger partial charge in [0.15, 0.2) is 0 Å². The van der Waals surface area contributed by atoms with Crippen LogP contribution in [0.3, 0.4) is 0 Å². The number of nitrogens with zero attached hydrogens (tertiary/aromatic N) is 2. The van der Waals surface area contributed by atoms with E-state index in [1.807, 2.05) is 6.07 Å². The smallest absolute Gasteiger partial charge is 0.258 e. The molecule has 3 nitrogen and oxygen atoms in total. The van der Waals surface area contributed by atoms with Gasteiger partial charge in [0.05, 0.1) is 17.7 Å². The average Bonchev–Trinajstić information content (AvgIpc) is 2.40. The van der Waals surface area contributed by atoms with Gasteiger partial charge in [0, 0.05) is 26.2 Å².